The number of pyridine rings is 1. The van der Waals surface area contributed by atoms with Crippen LogP contribution >= 0.6 is 22.9 Å². The van der Waals surface area contributed by atoms with E-state index in [0.29, 0.717) is 22.4 Å². The second-order valence-corrected chi connectivity index (χ2v) is 7.39. The quantitative estimate of drug-likeness (QED) is 0.436. The Hall–Kier alpha value is -2.04. The molecule has 0 amide bonds. The maximum atomic E-state index is 12.1. The number of aliphatic imine (C=N–C) groups is 1. The van der Waals surface area contributed by atoms with E-state index in [9.17, 15) is 18.3 Å². The zero-order valence-electron chi connectivity index (χ0n) is 15.0. The fraction of sp³-hybridized carbons (Fsp3) is 0.412. The van der Waals surface area contributed by atoms with E-state index in [4.69, 9.17) is 11.6 Å². The van der Waals surface area contributed by atoms with Crippen molar-refractivity contribution < 1.29 is 23.0 Å². The first kappa shape index (κ1) is 22.3. The summed E-state index contributed by atoms with van der Waals surface area (Å²) in [5.41, 5.74) is 0.696. The number of halogens is 4. The van der Waals surface area contributed by atoms with Gasteiger partial charge in [-0.3, -0.25) is 0 Å². The predicted octanol–water partition coefficient (Wildman–Crippen LogP) is 3.53. The van der Waals surface area contributed by atoms with Crippen LogP contribution in [0.3, 0.4) is 0 Å². The van der Waals surface area contributed by atoms with Crippen LogP contribution in [0.5, 0.6) is 5.88 Å². The summed E-state index contributed by atoms with van der Waals surface area (Å²) in [5, 5.41) is 16.3. The smallest absolute Gasteiger partial charge is 0.422 e. The summed E-state index contributed by atoms with van der Waals surface area (Å²) in [4.78, 5) is 8.95. The molecule has 0 radical (unpaired) electrons. The first-order valence-corrected chi connectivity index (χ1v) is 9.56. The number of hydrogen-bond acceptors (Lipinski definition) is 5. The van der Waals surface area contributed by atoms with E-state index in [2.05, 4.69) is 25.3 Å². The molecule has 1 unspecified atom stereocenters. The van der Waals surface area contributed by atoms with Crippen molar-refractivity contribution in [3.05, 3.63) is 45.2 Å². The summed E-state index contributed by atoms with van der Waals surface area (Å²) in [5.74, 6) is 0.384. The molecule has 0 fully saturated rings. The lowest BCUT2D eigenvalue weighted by molar-refractivity contribution is -0.154. The molecule has 2 aromatic heterocycles. The van der Waals surface area contributed by atoms with Gasteiger partial charge < -0.3 is 20.5 Å². The standard InChI is InChI=1S/C17H20ClF3N4O2S/c1-2-22-16(25-9-12(26)13-4-5-14(18)28-13)24-8-11-3-6-15(23-7-11)27-10-17(19,20)21/h3-7,12,26H,2,8-10H2,1H3,(H2,22,24,25). The van der Waals surface area contributed by atoms with Gasteiger partial charge in [0.25, 0.3) is 0 Å². The van der Waals surface area contributed by atoms with Crippen molar-refractivity contribution in [3.8, 4) is 5.88 Å². The normalized spacial score (nSPS) is 13.3. The van der Waals surface area contributed by atoms with Crippen LogP contribution in [0.1, 0.15) is 23.5 Å². The monoisotopic (exact) mass is 436 g/mol. The number of rotatable bonds is 8. The summed E-state index contributed by atoms with van der Waals surface area (Å²) in [6, 6.07) is 6.44. The van der Waals surface area contributed by atoms with E-state index in [1.807, 2.05) is 6.92 Å². The highest BCUT2D eigenvalue weighted by Gasteiger charge is 2.28. The minimum atomic E-state index is -4.41. The molecule has 6 nitrogen and oxygen atoms in total. The van der Waals surface area contributed by atoms with Gasteiger partial charge in [-0.15, -0.1) is 11.3 Å². The second-order valence-electron chi connectivity index (χ2n) is 5.64. The topological polar surface area (TPSA) is 78.8 Å². The Bertz CT molecular complexity index is 769. The fourth-order valence-corrected chi connectivity index (χ4v) is 3.11. The lowest BCUT2D eigenvalue weighted by atomic mass is 10.3. The maximum Gasteiger partial charge on any atom is 0.422 e. The fourth-order valence-electron chi connectivity index (χ4n) is 2.06. The van der Waals surface area contributed by atoms with Crippen LogP contribution in [0.25, 0.3) is 0 Å². The maximum absolute atomic E-state index is 12.1. The van der Waals surface area contributed by atoms with E-state index in [-0.39, 0.29) is 19.0 Å². The number of aliphatic hydroxyl groups is 1. The van der Waals surface area contributed by atoms with Gasteiger partial charge in [-0.1, -0.05) is 17.7 Å². The number of guanidine groups is 1. The summed E-state index contributed by atoms with van der Waals surface area (Å²) in [6.07, 6.45) is -3.73. The molecule has 28 heavy (non-hydrogen) atoms. The number of hydrogen-bond donors (Lipinski definition) is 3. The summed E-state index contributed by atoms with van der Waals surface area (Å²) >= 11 is 7.17. The van der Waals surface area contributed by atoms with Crippen LogP contribution in [0.2, 0.25) is 4.34 Å². The van der Waals surface area contributed by atoms with Crippen molar-refractivity contribution in [1.82, 2.24) is 15.6 Å². The largest absolute Gasteiger partial charge is 0.468 e. The third-order valence-corrected chi connectivity index (χ3v) is 4.66. The average Bonchev–Trinajstić information content (AvgIpc) is 3.09. The lowest BCUT2D eigenvalue weighted by Crippen LogP contribution is -2.39. The molecule has 0 spiro atoms. The molecule has 0 aliphatic heterocycles. The lowest BCUT2D eigenvalue weighted by Gasteiger charge is -2.14. The van der Waals surface area contributed by atoms with Crippen molar-refractivity contribution in [3.63, 3.8) is 0 Å². The molecule has 0 aromatic carbocycles. The van der Waals surface area contributed by atoms with Crippen molar-refractivity contribution in [2.45, 2.75) is 25.7 Å². The van der Waals surface area contributed by atoms with Gasteiger partial charge in [0.1, 0.15) is 6.10 Å². The highest BCUT2D eigenvalue weighted by Crippen LogP contribution is 2.26. The molecule has 3 N–H and O–H groups in total. The molecule has 11 heteroatoms. The van der Waals surface area contributed by atoms with Gasteiger partial charge in [0.15, 0.2) is 12.6 Å². The number of aromatic nitrogens is 1. The summed E-state index contributed by atoms with van der Waals surface area (Å²) in [6.45, 7) is 1.63. The Morgan fingerprint density at radius 1 is 1.32 bits per heavy atom. The second kappa shape index (κ2) is 10.5. The Labute approximate surface area is 169 Å². The SMILES string of the molecule is CCNC(=NCc1ccc(OCC(F)(F)F)nc1)NCC(O)c1ccc(Cl)s1. The van der Waals surface area contributed by atoms with E-state index >= 15 is 0 Å². The Morgan fingerprint density at radius 2 is 2.11 bits per heavy atom. The van der Waals surface area contributed by atoms with E-state index < -0.39 is 18.9 Å². The van der Waals surface area contributed by atoms with Gasteiger partial charge >= 0.3 is 6.18 Å². The van der Waals surface area contributed by atoms with Crippen molar-refractivity contribution in [1.29, 1.82) is 0 Å². The minimum absolute atomic E-state index is 0.104. The van der Waals surface area contributed by atoms with Crippen LogP contribution in [0.15, 0.2) is 35.5 Å². The van der Waals surface area contributed by atoms with Crippen molar-refractivity contribution >= 4 is 28.9 Å². The van der Waals surface area contributed by atoms with Gasteiger partial charge in [-0.2, -0.15) is 13.2 Å². The molecule has 0 aliphatic rings. The zero-order valence-corrected chi connectivity index (χ0v) is 16.5. The molecule has 2 rings (SSSR count). The predicted molar refractivity (Wildman–Crippen MR) is 103 cm³/mol. The zero-order chi connectivity index (χ0) is 20.6. The third-order valence-electron chi connectivity index (χ3n) is 3.33. The highest BCUT2D eigenvalue weighted by molar-refractivity contribution is 7.16. The summed E-state index contributed by atoms with van der Waals surface area (Å²) in [7, 11) is 0. The third kappa shape index (κ3) is 7.91. The molecule has 0 saturated carbocycles. The van der Waals surface area contributed by atoms with Crippen LogP contribution in [-0.2, 0) is 6.54 Å². The molecular weight excluding hydrogens is 417 g/mol. The van der Waals surface area contributed by atoms with Crippen molar-refractivity contribution in [2.75, 3.05) is 19.7 Å². The minimum Gasteiger partial charge on any atom is -0.468 e. The summed E-state index contributed by atoms with van der Waals surface area (Å²) < 4.78 is 41.6. The number of aliphatic hydroxyl groups excluding tert-OH is 1. The first-order valence-electron chi connectivity index (χ1n) is 8.37. The molecule has 1 atom stereocenters. The van der Waals surface area contributed by atoms with Crippen LogP contribution in [-0.4, -0.2) is 41.9 Å². The molecule has 0 bridgehead atoms. The van der Waals surface area contributed by atoms with Crippen LogP contribution < -0.4 is 15.4 Å². The van der Waals surface area contributed by atoms with E-state index in [1.54, 1.807) is 18.2 Å². The van der Waals surface area contributed by atoms with Crippen LogP contribution in [0.4, 0.5) is 13.2 Å². The number of nitrogens with one attached hydrogen (secondary N) is 2. The molecule has 2 heterocycles. The van der Waals surface area contributed by atoms with Gasteiger partial charge in [0.2, 0.25) is 5.88 Å². The Kier molecular flexibility index (Phi) is 8.34. The highest BCUT2D eigenvalue weighted by atomic mass is 35.5. The van der Waals surface area contributed by atoms with Crippen LogP contribution in [0, 0.1) is 0 Å². The number of alkyl halides is 3. The number of thiophene rings is 1. The Morgan fingerprint density at radius 3 is 2.68 bits per heavy atom. The van der Waals surface area contributed by atoms with E-state index in [1.165, 1.54) is 23.6 Å². The average molecular weight is 437 g/mol. The van der Waals surface area contributed by atoms with Gasteiger partial charge in [0, 0.05) is 30.2 Å². The van der Waals surface area contributed by atoms with Gasteiger partial charge in [-0.05, 0) is 24.6 Å². The first-order chi connectivity index (χ1) is 13.3. The molecule has 0 aliphatic carbocycles. The number of nitrogens with zero attached hydrogens (tertiary/aromatic N) is 2. The molecule has 2 aromatic rings. The molecule has 154 valence electrons. The number of ether oxygens (including phenoxy) is 1. The molecule has 0 saturated heterocycles. The molecular formula is C17H20ClF3N4O2S. The Balaban J connectivity index is 1.89. The van der Waals surface area contributed by atoms with Gasteiger partial charge in [0.05, 0.1) is 10.9 Å². The van der Waals surface area contributed by atoms with Gasteiger partial charge in [-0.25, -0.2) is 9.98 Å². The van der Waals surface area contributed by atoms with Crippen molar-refractivity contribution in [2.24, 2.45) is 4.99 Å². The van der Waals surface area contributed by atoms with E-state index in [0.717, 1.165) is 4.88 Å².